The zero-order chi connectivity index (χ0) is 13.1. The van der Waals surface area contributed by atoms with Gasteiger partial charge in [0.2, 0.25) is 0 Å². The monoisotopic (exact) mass is 254 g/mol. The third-order valence-electron chi connectivity index (χ3n) is 3.97. The molecule has 0 bridgehead atoms. The minimum absolute atomic E-state index is 0.238. The van der Waals surface area contributed by atoms with Gasteiger partial charge >= 0.3 is 0 Å². The average molecular weight is 254 g/mol. The third-order valence-corrected chi connectivity index (χ3v) is 3.97. The van der Waals surface area contributed by atoms with Crippen molar-refractivity contribution in [1.29, 1.82) is 0 Å². The fourth-order valence-electron chi connectivity index (χ4n) is 2.44. The van der Waals surface area contributed by atoms with Gasteiger partial charge in [0, 0.05) is 52.0 Å². The summed E-state index contributed by atoms with van der Waals surface area (Å²) in [6, 6.07) is 0. The molecular formula is C13H23FN4. The van der Waals surface area contributed by atoms with Gasteiger partial charge in [-0.3, -0.25) is 14.5 Å². The van der Waals surface area contributed by atoms with Gasteiger partial charge in [0.1, 0.15) is 6.67 Å². The number of hydrogen-bond donors (Lipinski definition) is 0. The highest BCUT2D eigenvalue weighted by molar-refractivity contribution is 5.23. The Bertz CT molecular complexity index is 394. The highest BCUT2D eigenvalue weighted by atomic mass is 19.1. The van der Waals surface area contributed by atoms with Crippen LogP contribution in [0.3, 0.4) is 0 Å². The van der Waals surface area contributed by atoms with Gasteiger partial charge in [0.25, 0.3) is 0 Å². The summed E-state index contributed by atoms with van der Waals surface area (Å²) in [5, 5.41) is 4.56. The van der Waals surface area contributed by atoms with Crippen molar-refractivity contribution >= 4 is 0 Å². The molecule has 0 aromatic carbocycles. The number of alkyl halides is 1. The Balaban J connectivity index is 1.89. The fourth-order valence-corrected chi connectivity index (χ4v) is 2.44. The van der Waals surface area contributed by atoms with Gasteiger partial charge in [-0.25, -0.2) is 4.39 Å². The summed E-state index contributed by atoms with van der Waals surface area (Å²) in [6.45, 7) is 9.45. The number of nitrogens with zero attached hydrogens (tertiary/aromatic N) is 4. The molecule has 0 N–H and O–H groups in total. The predicted octanol–water partition coefficient (Wildman–Crippen LogP) is 1.12. The lowest BCUT2D eigenvalue weighted by Crippen LogP contribution is -2.46. The maximum atomic E-state index is 12.3. The van der Waals surface area contributed by atoms with Crippen molar-refractivity contribution in [2.24, 2.45) is 7.05 Å². The normalized spacial score (nSPS) is 18.4. The number of piperazine rings is 1. The number of hydrogen-bond acceptors (Lipinski definition) is 3. The van der Waals surface area contributed by atoms with Crippen LogP contribution < -0.4 is 0 Å². The first kappa shape index (κ1) is 13.5. The van der Waals surface area contributed by atoms with E-state index in [2.05, 4.69) is 28.7 Å². The molecule has 2 rings (SSSR count). The van der Waals surface area contributed by atoms with Crippen molar-refractivity contribution in [1.82, 2.24) is 19.6 Å². The van der Waals surface area contributed by atoms with E-state index in [1.54, 1.807) is 0 Å². The number of halogens is 1. The van der Waals surface area contributed by atoms with E-state index in [4.69, 9.17) is 0 Å². The van der Waals surface area contributed by atoms with E-state index in [0.717, 1.165) is 32.7 Å². The molecule has 0 atom stereocenters. The number of aromatic nitrogens is 2. The third kappa shape index (κ3) is 2.90. The Morgan fingerprint density at radius 2 is 1.72 bits per heavy atom. The SMILES string of the molecule is Cc1c(CN2CCN(CCF)CC2)nn(C)c1C. The van der Waals surface area contributed by atoms with Crippen molar-refractivity contribution in [2.45, 2.75) is 20.4 Å². The lowest BCUT2D eigenvalue weighted by Gasteiger charge is -2.33. The summed E-state index contributed by atoms with van der Waals surface area (Å²) in [5.74, 6) is 0. The van der Waals surface area contributed by atoms with E-state index in [1.807, 2.05) is 11.7 Å². The lowest BCUT2D eigenvalue weighted by atomic mass is 10.2. The molecule has 0 spiro atoms. The van der Waals surface area contributed by atoms with E-state index in [0.29, 0.717) is 6.54 Å². The number of rotatable bonds is 4. The first-order valence-electron chi connectivity index (χ1n) is 6.61. The van der Waals surface area contributed by atoms with Crippen LogP contribution in [0.2, 0.25) is 0 Å². The molecule has 5 heteroatoms. The number of aryl methyl sites for hydroxylation is 1. The van der Waals surface area contributed by atoms with Crippen molar-refractivity contribution in [2.75, 3.05) is 39.4 Å². The van der Waals surface area contributed by atoms with Gasteiger partial charge in [-0.1, -0.05) is 0 Å². The average Bonchev–Trinajstić information content (AvgIpc) is 2.60. The Kier molecular flexibility index (Phi) is 4.35. The molecule has 1 aliphatic heterocycles. The molecule has 0 unspecified atom stereocenters. The van der Waals surface area contributed by atoms with Crippen LogP contribution in [0.15, 0.2) is 0 Å². The van der Waals surface area contributed by atoms with Gasteiger partial charge in [-0.05, 0) is 19.4 Å². The summed E-state index contributed by atoms with van der Waals surface area (Å²) in [5.41, 5.74) is 3.71. The van der Waals surface area contributed by atoms with Gasteiger partial charge in [0.05, 0.1) is 5.69 Å². The van der Waals surface area contributed by atoms with Gasteiger partial charge in [-0.15, -0.1) is 0 Å². The molecule has 1 fully saturated rings. The second-order valence-electron chi connectivity index (χ2n) is 5.09. The van der Waals surface area contributed by atoms with Crippen LogP contribution in [0.5, 0.6) is 0 Å². The first-order chi connectivity index (χ1) is 8.61. The minimum atomic E-state index is -0.238. The smallest absolute Gasteiger partial charge is 0.102 e. The predicted molar refractivity (Wildman–Crippen MR) is 70.4 cm³/mol. The van der Waals surface area contributed by atoms with E-state index in [-0.39, 0.29) is 6.67 Å². The van der Waals surface area contributed by atoms with Crippen LogP contribution in [0.25, 0.3) is 0 Å². The van der Waals surface area contributed by atoms with Gasteiger partial charge in [-0.2, -0.15) is 5.10 Å². The molecule has 1 aromatic heterocycles. The maximum absolute atomic E-state index is 12.3. The summed E-state index contributed by atoms with van der Waals surface area (Å²) in [6.07, 6.45) is 0. The summed E-state index contributed by atoms with van der Waals surface area (Å²) in [4.78, 5) is 4.59. The molecule has 0 radical (unpaired) electrons. The minimum Gasteiger partial charge on any atom is -0.298 e. The molecule has 18 heavy (non-hydrogen) atoms. The molecule has 2 heterocycles. The molecule has 0 aliphatic carbocycles. The molecule has 4 nitrogen and oxygen atoms in total. The molecule has 0 amide bonds. The Hall–Kier alpha value is -0.940. The van der Waals surface area contributed by atoms with Crippen molar-refractivity contribution in [3.63, 3.8) is 0 Å². The summed E-state index contributed by atoms with van der Waals surface area (Å²) in [7, 11) is 1.99. The quantitative estimate of drug-likeness (QED) is 0.805. The molecular weight excluding hydrogens is 231 g/mol. The van der Waals surface area contributed by atoms with Crippen LogP contribution in [0.1, 0.15) is 17.0 Å². The molecule has 1 aromatic rings. The topological polar surface area (TPSA) is 24.3 Å². The van der Waals surface area contributed by atoms with Crippen molar-refractivity contribution < 1.29 is 4.39 Å². The molecule has 102 valence electrons. The zero-order valence-electron chi connectivity index (χ0n) is 11.6. The van der Waals surface area contributed by atoms with Crippen LogP contribution in [0.4, 0.5) is 4.39 Å². The summed E-state index contributed by atoms with van der Waals surface area (Å²) < 4.78 is 14.2. The largest absolute Gasteiger partial charge is 0.298 e. The van der Waals surface area contributed by atoms with E-state index in [1.165, 1.54) is 17.0 Å². The lowest BCUT2D eigenvalue weighted by molar-refractivity contribution is 0.120. The standard InChI is InChI=1S/C13H23FN4/c1-11-12(2)16(3)15-13(11)10-18-8-6-17(5-4-14)7-9-18/h4-10H2,1-3H3. The van der Waals surface area contributed by atoms with E-state index >= 15 is 0 Å². The van der Waals surface area contributed by atoms with Crippen LogP contribution in [-0.4, -0.2) is 59.0 Å². The molecule has 1 aliphatic rings. The molecule has 0 saturated carbocycles. The first-order valence-corrected chi connectivity index (χ1v) is 6.61. The maximum Gasteiger partial charge on any atom is 0.102 e. The summed E-state index contributed by atoms with van der Waals surface area (Å²) >= 11 is 0. The second-order valence-corrected chi connectivity index (χ2v) is 5.09. The van der Waals surface area contributed by atoms with Crippen LogP contribution >= 0.6 is 0 Å². The van der Waals surface area contributed by atoms with Gasteiger partial charge in [0.15, 0.2) is 0 Å². The fraction of sp³-hybridized carbons (Fsp3) is 0.769. The Morgan fingerprint density at radius 3 is 2.22 bits per heavy atom. The van der Waals surface area contributed by atoms with Crippen LogP contribution in [0, 0.1) is 13.8 Å². The second kappa shape index (κ2) is 5.80. The zero-order valence-corrected chi connectivity index (χ0v) is 11.6. The highest BCUT2D eigenvalue weighted by Gasteiger charge is 2.18. The van der Waals surface area contributed by atoms with Gasteiger partial charge < -0.3 is 0 Å². The van der Waals surface area contributed by atoms with Crippen molar-refractivity contribution in [3.8, 4) is 0 Å². The molecule has 1 saturated heterocycles. The Labute approximate surface area is 108 Å². The van der Waals surface area contributed by atoms with Crippen LogP contribution in [-0.2, 0) is 13.6 Å². The highest BCUT2D eigenvalue weighted by Crippen LogP contribution is 2.14. The van der Waals surface area contributed by atoms with Crippen molar-refractivity contribution in [3.05, 3.63) is 17.0 Å². The Morgan fingerprint density at radius 1 is 1.11 bits per heavy atom. The van der Waals surface area contributed by atoms with E-state index in [9.17, 15) is 4.39 Å². The van der Waals surface area contributed by atoms with E-state index < -0.39 is 0 Å².